The summed E-state index contributed by atoms with van der Waals surface area (Å²) in [6, 6.07) is -0.637. The van der Waals surface area contributed by atoms with Crippen LogP contribution in [0.1, 0.15) is 361 Å². The summed E-state index contributed by atoms with van der Waals surface area (Å²) in [4.78, 5) is 24.6. The Morgan fingerprint density at radius 3 is 1.01 bits per heavy atom. The molecule has 0 aromatic heterocycles. The number of unbranched alkanes of at least 4 members (excludes halogenated alkanes) is 46. The molecule has 3 N–H and O–H groups in total. The van der Waals surface area contributed by atoms with Crippen LogP contribution in [0.5, 0.6) is 0 Å². The van der Waals surface area contributed by atoms with Gasteiger partial charge in [0.2, 0.25) is 5.91 Å². The minimum atomic E-state index is -0.853. The van der Waals surface area contributed by atoms with E-state index in [0.29, 0.717) is 19.4 Å². The Bertz CT molecular complexity index is 1270. The van der Waals surface area contributed by atoms with Crippen LogP contribution in [0.2, 0.25) is 0 Å². The third-order valence-corrected chi connectivity index (χ3v) is 15.6. The molecule has 0 aliphatic heterocycles. The highest BCUT2D eigenvalue weighted by molar-refractivity contribution is 5.76. The Morgan fingerprint density at radius 1 is 0.368 bits per heavy atom. The third-order valence-electron chi connectivity index (χ3n) is 15.6. The number of aliphatic hydroxyl groups is 2. The number of amides is 1. The summed E-state index contributed by atoms with van der Waals surface area (Å²) in [7, 11) is 0. The SMILES string of the molecule is CCCCCCCCC/C=C\CCCCCCCC(=O)OCCCCCCCCCCC/C=C\C/C=C\CCCCCCCCCC(=O)NC(CO)C(O)/C=C/CCCCCCCCCCCCCCCCCCCC. The van der Waals surface area contributed by atoms with Crippen molar-refractivity contribution >= 4 is 11.9 Å². The van der Waals surface area contributed by atoms with Gasteiger partial charge in [-0.1, -0.05) is 306 Å². The Hall–Kier alpha value is -2.18. The lowest BCUT2D eigenvalue weighted by Gasteiger charge is -2.20. The second-order valence-electron chi connectivity index (χ2n) is 23.1. The lowest BCUT2D eigenvalue weighted by Crippen LogP contribution is -2.45. The average molecular weight is 1070 g/mol. The highest BCUT2D eigenvalue weighted by Crippen LogP contribution is 2.17. The number of nitrogens with one attached hydrogen (secondary N) is 1. The summed E-state index contributed by atoms with van der Waals surface area (Å²) in [6.45, 7) is 4.91. The van der Waals surface area contributed by atoms with Crippen LogP contribution in [0, 0.1) is 0 Å². The topological polar surface area (TPSA) is 95.9 Å². The van der Waals surface area contributed by atoms with Crippen LogP contribution in [0.3, 0.4) is 0 Å². The molecule has 6 heteroatoms. The Balaban J connectivity index is 3.48. The van der Waals surface area contributed by atoms with E-state index in [1.807, 2.05) is 6.08 Å². The Labute approximate surface area is 474 Å². The van der Waals surface area contributed by atoms with Gasteiger partial charge in [-0.3, -0.25) is 9.59 Å². The molecule has 2 atom stereocenters. The Morgan fingerprint density at radius 2 is 0.658 bits per heavy atom. The van der Waals surface area contributed by atoms with Crippen molar-refractivity contribution in [3.8, 4) is 0 Å². The fraction of sp³-hybridized carbons (Fsp3) is 0.857. The van der Waals surface area contributed by atoms with Crippen molar-refractivity contribution in [2.24, 2.45) is 0 Å². The maximum atomic E-state index is 12.5. The zero-order valence-electron chi connectivity index (χ0n) is 51.0. The molecular formula is C70H131NO5. The van der Waals surface area contributed by atoms with E-state index >= 15 is 0 Å². The zero-order chi connectivity index (χ0) is 55.0. The second-order valence-corrected chi connectivity index (χ2v) is 23.1. The smallest absolute Gasteiger partial charge is 0.305 e. The van der Waals surface area contributed by atoms with Crippen molar-refractivity contribution in [1.82, 2.24) is 5.32 Å². The van der Waals surface area contributed by atoms with Crippen LogP contribution < -0.4 is 5.32 Å². The van der Waals surface area contributed by atoms with Gasteiger partial charge in [-0.15, -0.1) is 0 Å². The lowest BCUT2D eigenvalue weighted by molar-refractivity contribution is -0.143. The number of rotatable bonds is 63. The molecule has 0 aromatic rings. The number of carbonyl (C=O) groups excluding carboxylic acids is 2. The van der Waals surface area contributed by atoms with Gasteiger partial charge in [0.1, 0.15) is 0 Å². The van der Waals surface area contributed by atoms with E-state index < -0.39 is 12.1 Å². The molecule has 0 heterocycles. The summed E-state index contributed by atoms with van der Waals surface area (Å²) in [6.07, 6.45) is 84.5. The summed E-state index contributed by atoms with van der Waals surface area (Å²) >= 11 is 0. The van der Waals surface area contributed by atoms with Crippen LogP contribution in [0.25, 0.3) is 0 Å². The van der Waals surface area contributed by atoms with Gasteiger partial charge < -0.3 is 20.3 Å². The van der Waals surface area contributed by atoms with Crippen molar-refractivity contribution in [1.29, 1.82) is 0 Å². The molecule has 0 saturated carbocycles. The molecule has 0 bridgehead atoms. The molecule has 0 aliphatic rings. The van der Waals surface area contributed by atoms with Crippen LogP contribution in [0.4, 0.5) is 0 Å². The summed E-state index contributed by atoms with van der Waals surface area (Å²) in [5.41, 5.74) is 0. The number of esters is 1. The van der Waals surface area contributed by atoms with Gasteiger partial charge in [0.05, 0.1) is 25.4 Å². The van der Waals surface area contributed by atoms with E-state index in [2.05, 4.69) is 55.6 Å². The monoisotopic (exact) mass is 1070 g/mol. The van der Waals surface area contributed by atoms with Gasteiger partial charge >= 0.3 is 5.97 Å². The highest BCUT2D eigenvalue weighted by Gasteiger charge is 2.18. The quantitative estimate of drug-likeness (QED) is 0.0320. The highest BCUT2D eigenvalue weighted by atomic mass is 16.5. The number of aliphatic hydroxyl groups excluding tert-OH is 2. The molecule has 446 valence electrons. The molecule has 0 saturated heterocycles. The molecule has 76 heavy (non-hydrogen) atoms. The van der Waals surface area contributed by atoms with E-state index in [4.69, 9.17) is 4.74 Å². The van der Waals surface area contributed by atoms with Crippen molar-refractivity contribution in [2.45, 2.75) is 373 Å². The van der Waals surface area contributed by atoms with E-state index in [-0.39, 0.29) is 18.5 Å². The summed E-state index contributed by atoms with van der Waals surface area (Å²) in [5, 5.41) is 23.2. The van der Waals surface area contributed by atoms with Crippen molar-refractivity contribution in [2.75, 3.05) is 13.2 Å². The first-order chi connectivity index (χ1) is 37.5. The molecule has 0 spiro atoms. The number of carbonyl (C=O) groups is 2. The molecule has 0 fully saturated rings. The number of hydrogen-bond donors (Lipinski definition) is 3. The minimum absolute atomic E-state index is 0.000754. The van der Waals surface area contributed by atoms with E-state index in [1.54, 1.807) is 6.08 Å². The van der Waals surface area contributed by atoms with E-state index in [9.17, 15) is 19.8 Å². The first-order valence-electron chi connectivity index (χ1n) is 33.9. The van der Waals surface area contributed by atoms with Crippen LogP contribution in [-0.2, 0) is 14.3 Å². The van der Waals surface area contributed by atoms with Gasteiger partial charge in [0.15, 0.2) is 0 Å². The van der Waals surface area contributed by atoms with Crippen LogP contribution in [0.15, 0.2) is 48.6 Å². The minimum Gasteiger partial charge on any atom is -0.466 e. The third kappa shape index (κ3) is 61.0. The Kier molecular flexibility index (Phi) is 63.5. The van der Waals surface area contributed by atoms with Crippen molar-refractivity contribution in [3.05, 3.63) is 48.6 Å². The number of allylic oxidation sites excluding steroid dienone is 7. The zero-order valence-corrected chi connectivity index (χ0v) is 51.0. The largest absolute Gasteiger partial charge is 0.466 e. The normalized spacial score (nSPS) is 12.8. The maximum Gasteiger partial charge on any atom is 0.305 e. The molecule has 2 unspecified atom stereocenters. The predicted octanol–water partition coefficient (Wildman–Crippen LogP) is 21.7. The second kappa shape index (κ2) is 65.3. The standard InChI is InChI=1S/C70H131NO5/c1-3-5-7-9-11-13-15-17-19-21-22-28-31-34-38-42-46-50-54-58-62-68(73)67(66-72)71-69(74)63-59-55-51-47-43-39-35-32-29-26-24-23-25-27-30-33-37-41-45-49-53-57-61-65-76-70(75)64-60-56-52-48-44-40-36-20-18-16-14-12-10-8-6-4-2/h20,23,25-26,29,36,58,62,67-68,72-73H,3-19,21-22,24,27-28,30-35,37-57,59-61,63-66H2,1-2H3,(H,71,74)/b25-23-,29-26-,36-20-,62-58+. The average Bonchev–Trinajstić information content (AvgIpc) is 3.42. The van der Waals surface area contributed by atoms with E-state index in [1.165, 1.54) is 270 Å². The summed E-state index contributed by atoms with van der Waals surface area (Å²) in [5.74, 6) is -0.0769. The first-order valence-corrected chi connectivity index (χ1v) is 33.9. The predicted molar refractivity (Wildman–Crippen MR) is 333 cm³/mol. The molecule has 6 nitrogen and oxygen atoms in total. The summed E-state index contributed by atoms with van der Waals surface area (Å²) < 4.78 is 5.48. The van der Waals surface area contributed by atoms with Crippen molar-refractivity contribution in [3.63, 3.8) is 0 Å². The maximum absolute atomic E-state index is 12.5. The number of hydrogen-bond acceptors (Lipinski definition) is 5. The fourth-order valence-electron chi connectivity index (χ4n) is 10.4. The van der Waals surface area contributed by atoms with Gasteiger partial charge in [-0.25, -0.2) is 0 Å². The lowest BCUT2D eigenvalue weighted by atomic mass is 10.0. The molecule has 1 amide bonds. The van der Waals surface area contributed by atoms with Gasteiger partial charge in [-0.05, 0) is 89.9 Å². The van der Waals surface area contributed by atoms with Gasteiger partial charge in [0, 0.05) is 12.8 Å². The van der Waals surface area contributed by atoms with Gasteiger partial charge in [0.25, 0.3) is 0 Å². The van der Waals surface area contributed by atoms with Crippen molar-refractivity contribution < 1.29 is 24.5 Å². The molecule has 0 radical (unpaired) electrons. The van der Waals surface area contributed by atoms with Gasteiger partial charge in [-0.2, -0.15) is 0 Å². The fourth-order valence-corrected chi connectivity index (χ4v) is 10.4. The molecule has 0 rings (SSSR count). The molecule has 0 aliphatic carbocycles. The molecule has 0 aromatic carbocycles. The molecular weight excluding hydrogens is 935 g/mol. The van der Waals surface area contributed by atoms with E-state index in [0.717, 1.165) is 64.2 Å². The van der Waals surface area contributed by atoms with Crippen LogP contribution in [-0.4, -0.2) is 47.4 Å². The number of ether oxygens (including phenoxy) is 1. The van der Waals surface area contributed by atoms with Crippen LogP contribution >= 0.6 is 0 Å². The first kappa shape index (κ1) is 73.8.